The molecule has 1 aromatic heterocycles. The van der Waals surface area contributed by atoms with Crippen LogP contribution in [-0.2, 0) is 11.3 Å². The molecule has 2 rings (SSSR count). The molecule has 8 heteroatoms. The molecule has 1 heterocycles. The van der Waals surface area contributed by atoms with Gasteiger partial charge in [0.25, 0.3) is 0 Å². The first kappa shape index (κ1) is 20.4. The van der Waals surface area contributed by atoms with E-state index in [2.05, 4.69) is 15.4 Å². The van der Waals surface area contributed by atoms with Crippen molar-refractivity contribution in [3.8, 4) is 0 Å². The van der Waals surface area contributed by atoms with Gasteiger partial charge in [-0.3, -0.25) is 4.79 Å². The van der Waals surface area contributed by atoms with Crippen molar-refractivity contribution in [2.75, 3.05) is 11.9 Å². The predicted molar refractivity (Wildman–Crippen MR) is 91.5 cm³/mol. The lowest BCUT2D eigenvalue weighted by Gasteiger charge is -2.21. The van der Waals surface area contributed by atoms with Crippen molar-refractivity contribution in [3.63, 3.8) is 0 Å². The Morgan fingerprint density at radius 3 is 2.68 bits per heavy atom. The van der Waals surface area contributed by atoms with Crippen LogP contribution in [0, 0.1) is 5.41 Å². The second kappa shape index (κ2) is 8.73. The molecule has 0 bridgehead atoms. The molecule has 0 saturated heterocycles. The van der Waals surface area contributed by atoms with E-state index in [0.717, 1.165) is 11.3 Å². The summed E-state index contributed by atoms with van der Waals surface area (Å²) in [7, 11) is 0. The van der Waals surface area contributed by atoms with Crippen LogP contribution >= 0.6 is 24.8 Å². The zero-order valence-corrected chi connectivity index (χ0v) is 14.2. The Hall–Kier alpha value is -1.63. The number of aromatic nitrogens is 3. The van der Waals surface area contributed by atoms with Gasteiger partial charge in [0.2, 0.25) is 5.91 Å². The number of benzene rings is 1. The fraction of sp³-hybridized carbons (Fsp3) is 0.357. The number of amides is 1. The van der Waals surface area contributed by atoms with Gasteiger partial charge in [-0.1, -0.05) is 12.1 Å². The van der Waals surface area contributed by atoms with Crippen LogP contribution in [-0.4, -0.2) is 27.2 Å². The smallest absolute Gasteiger partial charge is 0.231 e. The van der Waals surface area contributed by atoms with E-state index in [1.807, 2.05) is 38.1 Å². The summed E-state index contributed by atoms with van der Waals surface area (Å²) in [5.41, 5.74) is 6.82. The van der Waals surface area contributed by atoms with Crippen LogP contribution in [0.4, 0.5) is 5.69 Å². The number of anilines is 1. The molecule has 22 heavy (non-hydrogen) atoms. The molecule has 3 N–H and O–H groups in total. The van der Waals surface area contributed by atoms with Crippen molar-refractivity contribution in [3.05, 3.63) is 42.5 Å². The molecule has 0 aliphatic heterocycles. The van der Waals surface area contributed by atoms with Crippen LogP contribution in [0.5, 0.6) is 0 Å². The molecule has 1 amide bonds. The predicted octanol–water partition coefficient (Wildman–Crippen LogP) is 2.09. The van der Waals surface area contributed by atoms with Gasteiger partial charge in [0.05, 0.1) is 12.0 Å². The fourth-order valence-corrected chi connectivity index (χ4v) is 1.64. The van der Waals surface area contributed by atoms with Crippen molar-refractivity contribution < 1.29 is 4.79 Å². The van der Waals surface area contributed by atoms with Crippen LogP contribution < -0.4 is 11.1 Å². The Bertz CT molecular complexity index is 587. The molecule has 0 saturated carbocycles. The maximum atomic E-state index is 12.1. The molecule has 0 atom stereocenters. The zero-order valence-electron chi connectivity index (χ0n) is 12.5. The SMILES string of the molecule is CC(C)(CN)C(=O)Nc1cccc(Cn2cncn2)c1.Cl.Cl. The normalized spacial score (nSPS) is 10.3. The van der Waals surface area contributed by atoms with Crippen LogP contribution in [0.3, 0.4) is 0 Å². The second-order valence-electron chi connectivity index (χ2n) is 5.34. The number of nitrogens with one attached hydrogen (secondary N) is 1. The Labute approximate surface area is 142 Å². The Morgan fingerprint density at radius 2 is 2.09 bits per heavy atom. The quantitative estimate of drug-likeness (QED) is 0.868. The van der Waals surface area contributed by atoms with Crippen molar-refractivity contribution in [1.82, 2.24) is 14.8 Å². The van der Waals surface area contributed by atoms with E-state index in [1.54, 1.807) is 11.0 Å². The lowest BCUT2D eigenvalue weighted by atomic mass is 9.92. The monoisotopic (exact) mass is 345 g/mol. The van der Waals surface area contributed by atoms with Crippen LogP contribution in [0.1, 0.15) is 19.4 Å². The molecule has 0 fully saturated rings. The molecule has 1 aromatic carbocycles. The molecular formula is C14H21Cl2N5O. The Balaban J connectivity index is 0.00000220. The van der Waals surface area contributed by atoms with E-state index in [4.69, 9.17) is 5.73 Å². The number of halogens is 2. The van der Waals surface area contributed by atoms with Gasteiger partial charge in [0.15, 0.2) is 0 Å². The first-order valence-corrected chi connectivity index (χ1v) is 6.44. The van der Waals surface area contributed by atoms with Gasteiger partial charge in [-0.15, -0.1) is 24.8 Å². The van der Waals surface area contributed by atoms with Gasteiger partial charge in [0.1, 0.15) is 12.7 Å². The number of nitrogens with two attached hydrogens (primary N) is 1. The minimum Gasteiger partial charge on any atom is -0.329 e. The van der Waals surface area contributed by atoms with Crippen LogP contribution in [0.15, 0.2) is 36.9 Å². The standard InChI is InChI=1S/C14H19N5O.2ClH/c1-14(2,8-15)13(20)18-12-5-3-4-11(6-12)7-19-10-16-9-17-19;;/h3-6,9-10H,7-8,15H2,1-2H3,(H,18,20);2*1H. The van der Waals surface area contributed by atoms with E-state index >= 15 is 0 Å². The molecule has 6 nitrogen and oxygen atoms in total. The first-order valence-electron chi connectivity index (χ1n) is 6.44. The topological polar surface area (TPSA) is 85.8 Å². The van der Waals surface area contributed by atoms with Gasteiger partial charge < -0.3 is 11.1 Å². The van der Waals surface area contributed by atoms with Gasteiger partial charge in [-0.2, -0.15) is 5.10 Å². The maximum Gasteiger partial charge on any atom is 0.231 e. The molecule has 122 valence electrons. The molecule has 0 spiro atoms. The van der Waals surface area contributed by atoms with Crippen molar-refractivity contribution in [2.24, 2.45) is 11.1 Å². The van der Waals surface area contributed by atoms with Crippen molar-refractivity contribution in [2.45, 2.75) is 20.4 Å². The molecular weight excluding hydrogens is 325 g/mol. The minimum absolute atomic E-state index is 0. The van der Waals surface area contributed by atoms with E-state index in [9.17, 15) is 4.79 Å². The van der Waals surface area contributed by atoms with E-state index < -0.39 is 5.41 Å². The maximum absolute atomic E-state index is 12.1. The summed E-state index contributed by atoms with van der Waals surface area (Å²) >= 11 is 0. The number of rotatable bonds is 5. The summed E-state index contributed by atoms with van der Waals surface area (Å²) in [4.78, 5) is 16.0. The highest BCUT2D eigenvalue weighted by atomic mass is 35.5. The summed E-state index contributed by atoms with van der Waals surface area (Å²) in [6.07, 6.45) is 3.15. The van der Waals surface area contributed by atoms with Crippen molar-refractivity contribution in [1.29, 1.82) is 0 Å². The van der Waals surface area contributed by atoms with Crippen LogP contribution in [0.25, 0.3) is 0 Å². The Morgan fingerprint density at radius 1 is 1.36 bits per heavy atom. The minimum atomic E-state index is -0.581. The molecule has 0 unspecified atom stereocenters. The molecule has 2 aromatic rings. The highest BCUT2D eigenvalue weighted by Gasteiger charge is 2.25. The summed E-state index contributed by atoms with van der Waals surface area (Å²) in [5.74, 6) is -0.0853. The third-order valence-corrected chi connectivity index (χ3v) is 3.12. The van der Waals surface area contributed by atoms with E-state index in [1.165, 1.54) is 6.33 Å². The van der Waals surface area contributed by atoms with E-state index in [0.29, 0.717) is 13.1 Å². The summed E-state index contributed by atoms with van der Waals surface area (Å²) in [6, 6.07) is 7.66. The second-order valence-corrected chi connectivity index (χ2v) is 5.34. The third-order valence-electron chi connectivity index (χ3n) is 3.12. The lowest BCUT2D eigenvalue weighted by molar-refractivity contribution is -0.123. The fourth-order valence-electron chi connectivity index (χ4n) is 1.64. The summed E-state index contributed by atoms with van der Waals surface area (Å²) < 4.78 is 1.73. The van der Waals surface area contributed by atoms with Gasteiger partial charge in [-0.05, 0) is 31.5 Å². The molecule has 0 aliphatic rings. The largest absolute Gasteiger partial charge is 0.329 e. The first-order chi connectivity index (χ1) is 9.51. The molecule has 0 radical (unpaired) electrons. The van der Waals surface area contributed by atoms with Crippen molar-refractivity contribution >= 4 is 36.4 Å². The van der Waals surface area contributed by atoms with Gasteiger partial charge >= 0.3 is 0 Å². The number of hydrogen-bond acceptors (Lipinski definition) is 4. The number of nitrogens with zero attached hydrogens (tertiary/aromatic N) is 3. The summed E-state index contributed by atoms with van der Waals surface area (Å²) in [6.45, 7) is 4.56. The average Bonchev–Trinajstić information content (AvgIpc) is 2.92. The highest BCUT2D eigenvalue weighted by molar-refractivity contribution is 5.95. The van der Waals surface area contributed by atoms with E-state index in [-0.39, 0.29) is 30.7 Å². The lowest BCUT2D eigenvalue weighted by Crippen LogP contribution is -2.37. The highest BCUT2D eigenvalue weighted by Crippen LogP contribution is 2.18. The third kappa shape index (κ3) is 5.29. The molecule has 0 aliphatic carbocycles. The number of carbonyl (C=O) groups is 1. The van der Waals surface area contributed by atoms with Crippen LogP contribution in [0.2, 0.25) is 0 Å². The van der Waals surface area contributed by atoms with Gasteiger partial charge in [0, 0.05) is 12.2 Å². The average molecular weight is 346 g/mol. The zero-order chi connectivity index (χ0) is 14.6. The summed E-state index contributed by atoms with van der Waals surface area (Å²) in [5, 5.41) is 6.95. The number of carbonyl (C=O) groups excluding carboxylic acids is 1. The Kier molecular flexibility index (Phi) is 8.08. The number of hydrogen-bond donors (Lipinski definition) is 2. The van der Waals surface area contributed by atoms with Gasteiger partial charge in [-0.25, -0.2) is 9.67 Å².